The summed E-state index contributed by atoms with van der Waals surface area (Å²) in [5, 5.41) is 3.34. The van der Waals surface area contributed by atoms with Gasteiger partial charge >= 0.3 is 0 Å². The van der Waals surface area contributed by atoms with Gasteiger partial charge in [0, 0.05) is 25.5 Å². The minimum absolute atomic E-state index is 0.674. The Morgan fingerprint density at radius 1 is 1.16 bits per heavy atom. The molecule has 0 aliphatic heterocycles. The van der Waals surface area contributed by atoms with Gasteiger partial charge < -0.3 is 10.1 Å². The SMILES string of the molecule is CCc1cccc(OCCNCc2cccnc2)c1. The Kier molecular flexibility index (Phi) is 5.38. The zero-order valence-electron chi connectivity index (χ0n) is 11.3. The minimum Gasteiger partial charge on any atom is -0.492 e. The number of hydrogen-bond donors (Lipinski definition) is 1. The molecule has 0 radical (unpaired) electrons. The topological polar surface area (TPSA) is 34.1 Å². The maximum absolute atomic E-state index is 5.71. The van der Waals surface area contributed by atoms with Gasteiger partial charge in [-0.05, 0) is 35.7 Å². The zero-order chi connectivity index (χ0) is 13.3. The fourth-order valence-electron chi connectivity index (χ4n) is 1.83. The molecule has 0 saturated carbocycles. The van der Waals surface area contributed by atoms with Crippen LogP contribution in [0.2, 0.25) is 0 Å². The lowest BCUT2D eigenvalue weighted by Gasteiger charge is -2.08. The highest BCUT2D eigenvalue weighted by Crippen LogP contribution is 2.13. The Hall–Kier alpha value is -1.87. The molecule has 0 bridgehead atoms. The number of nitrogens with zero attached hydrogens (tertiary/aromatic N) is 1. The van der Waals surface area contributed by atoms with Gasteiger partial charge in [0.1, 0.15) is 12.4 Å². The maximum atomic E-state index is 5.71. The fraction of sp³-hybridized carbons (Fsp3) is 0.312. The number of benzene rings is 1. The summed E-state index contributed by atoms with van der Waals surface area (Å²) < 4.78 is 5.71. The number of nitrogens with one attached hydrogen (secondary N) is 1. The van der Waals surface area contributed by atoms with Crippen LogP contribution in [0.15, 0.2) is 48.8 Å². The largest absolute Gasteiger partial charge is 0.492 e. The molecule has 3 heteroatoms. The van der Waals surface area contributed by atoms with Gasteiger partial charge in [-0.2, -0.15) is 0 Å². The van der Waals surface area contributed by atoms with Crippen molar-refractivity contribution < 1.29 is 4.74 Å². The molecule has 0 aliphatic rings. The van der Waals surface area contributed by atoms with Crippen molar-refractivity contribution >= 4 is 0 Å². The van der Waals surface area contributed by atoms with Crippen molar-refractivity contribution in [1.29, 1.82) is 0 Å². The van der Waals surface area contributed by atoms with Crippen LogP contribution < -0.4 is 10.1 Å². The first-order valence-corrected chi connectivity index (χ1v) is 6.70. The normalized spacial score (nSPS) is 10.4. The number of aryl methyl sites for hydroxylation is 1. The number of pyridine rings is 1. The summed E-state index contributed by atoms with van der Waals surface area (Å²) in [7, 11) is 0. The zero-order valence-corrected chi connectivity index (χ0v) is 11.3. The van der Waals surface area contributed by atoms with Crippen LogP contribution in [0.3, 0.4) is 0 Å². The highest BCUT2D eigenvalue weighted by Gasteiger charge is 1.96. The molecule has 0 spiro atoms. The third kappa shape index (κ3) is 4.72. The van der Waals surface area contributed by atoms with Crippen molar-refractivity contribution in [2.45, 2.75) is 19.9 Å². The van der Waals surface area contributed by atoms with Gasteiger partial charge in [0.25, 0.3) is 0 Å². The van der Waals surface area contributed by atoms with E-state index >= 15 is 0 Å². The van der Waals surface area contributed by atoms with E-state index in [1.165, 1.54) is 11.1 Å². The molecular weight excluding hydrogens is 236 g/mol. The molecule has 0 fully saturated rings. The molecule has 0 atom stereocenters. The number of aromatic nitrogens is 1. The Bertz CT molecular complexity index is 485. The maximum Gasteiger partial charge on any atom is 0.119 e. The van der Waals surface area contributed by atoms with Gasteiger partial charge in [-0.15, -0.1) is 0 Å². The fourth-order valence-corrected chi connectivity index (χ4v) is 1.83. The summed E-state index contributed by atoms with van der Waals surface area (Å²) >= 11 is 0. The summed E-state index contributed by atoms with van der Waals surface area (Å²) in [5.74, 6) is 0.947. The second-order valence-corrected chi connectivity index (χ2v) is 4.39. The van der Waals surface area contributed by atoms with E-state index in [1.807, 2.05) is 24.4 Å². The molecule has 0 aliphatic carbocycles. The summed E-state index contributed by atoms with van der Waals surface area (Å²) in [6.07, 6.45) is 4.70. The van der Waals surface area contributed by atoms with Crippen molar-refractivity contribution in [2.75, 3.05) is 13.2 Å². The quantitative estimate of drug-likeness (QED) is 0.773. The van der Waals surface area contributed by atoms with E-state index in [2.05, 4.69) is 35.4 Å². The van der Waals surface area contributed by atoms with E-state index in [1.54, 1.807) is 6.20 Å². The lowest BCUT2D eigenvalue weighted by atomic mass is 10.2. The van der Waals surface area contributed by atoms with Crippen LogP contribution in [-0.2, 0) is 13.0 Å². The van der Waals surface area contributed by atoms with Crippen LogP contribution in [-0.4, -0.2) is 18.1 Å². The molecule has 100 valence electrons. The van der Waals surface area contributed by atoms with Crippen molar-refractivity contribution in [2.24, 2.45) is 0 Å². The summed E-state index contributed by atoms with van der Waals surface area (Å²) in [4.78, 5) is 4.08. The second-order valence-electron chi connectivity index (χ2n) is 4.39. The third-order valence-electron chi connectivity index (χ3n) is 2.91. The second kappa shape index (κ2) is 7.54. The van der Waals surface area contributed by atoms with Gasteiger partial charge in [-0.3, -0.25) is 4.98 Å². The Morgan fingerprint density at radius 3 is 2.84 bits per heavy atom. The van der Waals surface area contributed by atoms with Crippen molar-refractivity contribution in [1.82, 2.24) is 10.3 Å². The summed E-state index contributed by atoms with van der Waals surface area (Å²) in [6.45, 7) is 4.47. The average molecular weight is 256 g/mol. The van der Waals surface area contributed by atoms with Crippen LogP contribution >= 0.6 is 0 Å². The smallest absolute Gasteiger partial charge is 0.119 e. The monoisotopic (exact) mass is 256 g/mol. The molecule has 0 unspecified atom stereocenters. The Labute approximate surface area is 114 Å². The summed E-state index contributed by atoms with van der Waals surface area (Å²) in [6, 6.07) is 12.3. The van der Waals surface area contributed by atoms with E-state index in [9.17, 15) is 0 Å². The van der Waals surface area contributed by atoms with Crippen LogP contribution in [0, 0.1) is 0 Å². The predicted octanol–water partition coefficient (Wildman–Crippen LogP) is 2.81. The van der Waals surface area contributed by atoms with Crippen LogP contribution in [0.5, 0.6) is 5.75 Å². The van der Waals surface area contributed by atoms with Gasteiger partial charge in [0.15, 0.2) is 0 Å². The molecule has 1 heterocycles. The van der Waals surface area contributed by atoms with E-state index in [0.717, 1.165) is 25.3 Å². The standard InChI is InChI=1S/C16H20N2O/c1-2-14-5-3-7-16(11-14)19-10-9-18-13-15-6-4-8-17-12-15/h3-8,11-12,18H,2,9-10,13H2,1H3. The molecule has 19 heavy (non-hydrogen) atoms. The average Bonchev–Trinajstić information content (AvgIpc) is 2.48. The number of rotatable bonds is 7. The lowest BCUT2D eigenvalue weighted by molar-refractivity contribution is 0.313. The van der Waals surface area contributed by atoms with Crippen molar-refractivity contribution in [3.05, 3.63) is 59.9 Å². The van der Waals surface area contributed by atoms with E-state index in [-0.39, 0.29) is 0 Å². The van der Waals surface area contributed by atoms with Crippen LogP contribution in [0.4, 0.5) is 0 Å². The van der Waals surface area contributed by atoms with E-state index in [0.29, 0.717) is 6.61 Å². The van der Waals surface area contributed by atoms with Gasteiger partial charge in [0.05, 0.1) is 0 Å². The van der Waals surface area contributed by atoms with Gasteiger partial charge in [-0.1, -0.05) is 25.1 Å². The molecule has 1 N–H and O–H groups in total. The number of ether oxygens (including phenoxy) is 1. The first-order valence-electron chi connectivity index (χ1n) is 6.70. The van der Waals surface area contributed by atoms with Gasteiger partial charge in [0.2, 0.25) is 0 Å². The van der Waals surface area contributed by atoms with E-state index in [4.69, 9.17) is 4.74 Å². The lowest BCUT2D eigenvalue weighted by Crippen LogP contribution is -2.20. The van der Waals surface area contributed by atoms with Crippen LogP contribution in [0.1, 0.15) is 18.1 Å². The molecule has 0 amide bonds. The first kappa shape index (κ1) is 13.6. The first-order chi connectivity index (χ1) is 9.38. The van der Waals surface area contributed by atoms with Gasteiger partial charge in [-0.25, -0.2) is 0 Å². The van der Waals surface area contributed by atoms with Crippen molar-refractivity contribution in [3.63, 3.8) is 0 Å². The third-order valence-corrected chi connectivity index (χ3v) is 2.91. The highest BCUT2D eigenvalue weighted by molar-refractivity contribution is 5.28. The highest BCUT2D eigenvalue weighted by atomic mass is 16.5. The molecule has 1 aromatic carbocycles. The van der Waals surface area contributed by atoms with E-state index < -0.39 is 0 Å². The molecule has 0 saturated heterocycles. The molecule has 3 nitrogen and oxygen atoms in total. The Morgan fingerprint density at radius 2 is 2.05 bits per heavy atom. The Balaban J connectivity index is 1.66. The summed E-state index contributed by atoms with van der Waals surface area (Å²) in [5.41, 5.74) is 2.50. The van der Waals surface area contributed by atoms with Crippen LogP contribution in [0.25, 0.3) is 0 Å². The minimum atomic E-state index is 0.674. The molecule has 2 rings (SSSR count). The molecule has 1 aromatic heterocycles. The van der Waals surface area contributed by atoms with Crippen molar-refractivity contribution in [3.8, 4) is 5.75 Å². The number of hydrogen-bond acceptors (Lipinski definition) is 3. The molecular formula is C16H20N2O. The predicted molar refractivity (Wildman–Crippen MR) is 77.3 cm³/mol. The molecule has 2 aromatic rings.